The van der Waals surface area contributed by atoms with Gasteiger partial charge in [0.2, 0.25) is 0 Å². The highest BCUT2D eigenvalue weighted by molar-refractivity contribution is 5.92. The molecule has 1 amide bonds. The SMILES string of the molecule is COc1ccc(C#CC(N)=O)cc1F. The van der Waals surface area contributed by atoms with Crippen LogP contribution in [0.4, 0.5) is 4.39 Å². The molecule has 4 heteroatoms. The Hall–Kier alpha value is -2.02. The Balaban J connectivity index is 2.99. The second kappa shape index (κ2) is 4.28. The summed E-state index contributed by atoms with van der Waals surface area (Å²) >= 11 is 0. The van der Waals surface area contributed by atoms with E-state index in [1.807, 2.05) is 0 Å². The van der Waals surface area contributed by atoms with Gasteiger partial charge in [-0.1, -0.05) is 5.92 Å². The topological polar surface area (TPSA) is 52.3 Å². The summed E-state index contributed by atoms with van der Waals surface area (Å²) < 4.78 is 17.8. The van der Waals surface area contributed by atoms with Crippen LogP contribution in [0.1, 0.15) is 5.56 Å². The minimum Gasteiger partial charge on any atom is -0.494 e. The summed E-state index contributed by atoms with van der Waals surface area (Å²) in [6, 6.07) is 4.15. The lowest BCUT2D eigenvalue weighted by molar-refractivity contribution is -0.112. The molecule has 0 spiro atoms. The number of ether oxygens (including phenoxy) is 1. The molecule has 3 nitrogen and oxygen atoms in total. The van der Waals surface area contributed by atoms with Crippen LogP contribution in [0.25, 0.3) is 0 Å². The first-order chi connectivity index (χ1) is 6.63. The predicted molar refractivity (Wildman–Crippen MR) is 49.0 cm³/mol. The summed E-state index contributed by atoms with van der Waals surface area (Å²) in [7, 11) is 1.37. The van der Waals surface area contributed by atoms with Crippen molar-refractivity contribution in [2.45, 2.75) is 0 Å². The summed E-state index contributed by atoms with van der Waals surface area (Å²) in [4.78, 5) is 10.3. The van der Waals surface area contributed by atoms with Crippen LogP contribution in [0.15, 0.2) is 18.2 Å². The Kier molecular flexibility index (Phi) is 3.08. The van der Waals surface area contributed by atoms with E-state index < -0.39 is 11.7 Å². The zero-order valence-corrected chi connectivity index (χ0v) is 7.50. The van der Waals surface area contributed by atoms with Crippen LogP contribution in [0, 0.1) is 17.7 Å². The molecule has 14 heavy (non-hydrogen) atoms. The van der Waals surface area contributed by atoms with Crippen molar-refractivity contribution in [1.29, 1.82) is 0 Å². The molecule has 0 atom stereocenters. The van der Waals surface area contributed by atoms with E-state index >= 15 is 0 Å². The molecule has 1 aromatic rings. The van der Waals surface area contributed by atoms with Crippen molar-refractivity contribution in [2.24, 2.45) is 5.73 Å². The van der Waals surface area contributed by atoms with E-state index in [9.17, 15) is 9.18 Å². The number of rotatable bonds is 1. The minimum atomic E-state index is -0.749. The molecule has 1 rings (SSSR count). The summed E-state index contributed by atoms with van der Waals surface area (Å²) in [5, 5.41) is 0. The van der Waals surface area contributed by atoms with Crippen LogP contribution < -0.4 is 10.5 Å². The van der Waals surface area contributed by atoms with Crippen molar-refractivity contribution in [3.63, 3.8) is 0 Å². The van der Waals surface area contributed by atoms with E-state index in [0.717, 1.165) is 0 Å². The predicted octanol–water partition coefficient (Wildman–Crippen LogP) is 0.671. The lowest BCUT2D eigenvalue weighted by atomic mass is 10.2. The fourth-order valence-corrected chi connectivity index (χ4v) is 0.878. The number of nitrogens with two attached hydrogens (primary N) is 1. The summed E-state index contributed by atoms with van der Waals surface area (Å²) in [6.45, 7) is 0. The molecular formula is C10H8FNO2. The van der Waals surface area contributed by atoms with Gasteiger partial charge in [0, 0.05) is 5.56 Å². The van der Waals surface area contributed by atoms with Gasteiger partial charge in [0.05, 0.1) is 7.11 Å². The van der Waals surface area contributed by atoms with Gasteiger partial charge in [-0.3, -0.25) is 4.79 Å². The van der Waals surface area contributed by atoms with Crippen molar-refractivity contribution in [2.75, 3.05) is 7.11 Å². The highest BCUT2D eigenvalue weighted by Crippen LogP contribution is 2.16. The number of hydrogen-bond donors (Lipinski definition) is 1. The fraction of sp³-hybridized carbons (Fsp3) is 0.100. The Morgan fingerprint density at radius 3 is 2.79 bits per heavy atom. The summed E-state index contributed by atoms with van der Waals surface area (Å²) in [6.07, 6.45) is 0. The molecule has 72 valence electrons. The van der Waals surface area contributed by atoms with E-state index in [4.69, 9.17) is 10.5 Å². The molecule has 0 heterocycles. The van der Waals surface area contributed by atoms with Gasteiger partial charge in [0.25, 0.3) is 5.91 Å². The van der Waals surface area contributed by atoms with Crippen molar-refractivity contribution >= 4 is 5.91 Å². The maximum Gasteiger partial charge on any atom is 0.293 e. The maximum atomic E-state index is 13.1. The van der Waals surface area contributed by atoms with Gasteiger partial charge in [-0.15, -0.1) is 0 Å². The maximum absolute atomic E-state index is 13.1. The van der Waals surface area contributed by atoms with Crippen molar-refractivity contribution < 1.29 is 13.9 Å². The van der Waals surface area contributed by atoms with Crippen LogP contribution in [0.5, 0.6) is 5.75 Å². The smallest absolute Gasteiger partial charge is 0.293 e. The normalized spacial score (nSPS) is 8.71. The minimum absolute atomic E-state index is 0.134. The van der Waals surface area contributed by atoms with E-state index in [1.54, 1.807) is 0 Å². The van der Waals surface area contributed by atoms with Gasteiger partial charge in [0.15, 0.2) is 11.6 Å². The lowest BCUT2D eigenvalue weighted by Crippen LogP contribution is -2.06. The van der Waals surface area contributed by atoms with Crippen molar-refractivity contribution in [1.82, 2.24) is 0 Å². The van der Waals surface area contributed by atoms with Crippen LogP contribution >= 0.6 is 0 Å². The highest BCUT2D eigenvalue weighted by atomic mass is 19.1. The van der Waals surface area contributed by atoms with Crippen LogP contribution in [0.3, 0.4) is 0 Å². The van der Waals surface area contributed by atoms with Crippen molar-refractivity contribution in [3.8, 4) is 17.6 Å². The molecule has 0 saturated heterocycles. The quantitative estimate of drug-likeness (QED) is 0.666. The molecule has 0 saturated carbocycles. The first-order valence-corrected chi connectivity index (χ1v) is 3.78. The molecule has 0 aromatic heterocycles. The third kappa shape index (κ3) is 2.49. The largest absolute Gasteiger partial charge is 0.494 e. The molecule has 0 fully saturated rings. The Labute approximate surface area is 80.7 Å². The first kappa shape index (κ1) is 10.1. The van der Waals surface area contributed by atoms with E-state index in [-0.39, 0.29) is 5.75 Å². The van der Waals surface area contributed by atoms with E-state index in [2.05, 4.69) is 11.8 Å². The van der Waals surface area contributed by atoms with E-state index in [0.29, 0.717) is 5.56 Å². The zero-order valence-electron chi connectivity index (χ0n) is 7.50. The highest BCUT2D eigenvalue weighted by Gasteiger charge is 2.01. The average Bonchev–Trinajstić information content (AvgIpc) is 2.15. The fourth-order valence-electron chi connectivity index (χ4n) is 0.878. The van der Waals surface area contributed by atoms with Crippen LogP contribution in [0.2, 0.25) is 0 Å². The molecule has 1 aromatic carbocycles. The van der Waals surface area contributed by atoms with Gasteiger partial charge >= 0.3 is 0 Å². The number of halogens is 1. The molecule has 2 N–H and O–H groups in total. The Morgan fingerprint density at radius 2 is 2.29 bits per heavy atom. The first-order valence-electron chi connectivity index (χ1n) is 3.78. The number of benzene rings is 1. The molecule has 0 radical (unpaired) electrons. The van der Waals surface area contributed by atoms with Crippen LogP contribution in [-0.2, 0) is 4.79 Å². The number of primary amides is 1. The van der Waals surface area contributed by atoms with Gasteiger partial charge in [-0.2, -0.15) is 0 Å². The summed E-state index contributed by atoms with van der Waals surface area (Å²) in [5.41, 5.74) is 5.18. The molecule has 0 aliphatic rings. The zero-order chi connectivity index (χ0) is 10.6. The Bertz CT molecular complexity index is 418. The van der Waals surface area contributed by atoms with Gasteiger partial charge < -0.3 is 10.5 Å². The second-order valence-corrected chi connectivity index (χ2v) is 2.46. The van der Waals surface area contributed by atoms with E-state index in [1.165, 1.54) is 25.3 Å². The molecule has 0 bridgehead atoms. The molecular weight excluding hydrogens is 185 g/mol. The molecule has 0 aliphatic carbocycles. The molecule has 0 aliphatic heterocycles. The van der Waals surface area contributed by atoms with Gasteiger partial charge in [-0.05, 0) is 24.1 Å². The number of amides is 1. The monoisotopic (exact) mass is 193 g/mol. The average molecular weight is 193 g/mol. The number of hydrogen-bond acceptors (Lipinski definition) is 2. The number of methoxy groups -OCH3 is 1. The van der Waals surface area contributed by atoms with Crippen molar-refractivity contribution in [3.05, 3.63) is 29.6 Å². The van der Waals surface area contributed by atoms with Gasteiger partial charge in [0.1, 0.15) is 0 Å². The van der Waals surface area contributed by atoms with Crippen LogP contribution in [-0.4, -0.2) is 13.0 Å². The standard InChI is InChI=1S/C10H8FNO2/c1-14-9-4-2-7(6-8(9)11)3-5-10(12)13/h2,4,6H,1H3,(H2,12,13). The van der Waals surface area contributed by atoms with Gasteiger partial charge in [-0.25, -0.2) is 4.39 Å². The third-order valence-electron chi connectivity index (χ3n) is 1.48. The summed E-state index contributed by atoms with van der Waals surface area (Å²) in [5.74, 6) is 3.38. The molecule has 0 unspecified atom stereocenters. The number of carbonyl (C=O) groups is 1. The lowest BCUT2D eigenvalue weighted by Gasteiger charge is -2.00. The second-order valence-electron chi connectivity index (χ2n) is 2.46. The third-order valence-corrected chi connectivity index (χ3v) is 1.48. The Morgan fingerprint density at radius 1 is 1.57 bits per heavy atom. The number of carbonyl (C=O) groups excluding carboxylic acids is 1.